The van der Waals surface area contributed by atoms with E-state index in [9.17, 15) is 4.79 Å². The zero-order valence-corrected chi connectivity index (χ0v) is 12.2. The zero-order chi connectivity index (χ0) is 14.4. The van der Waals surface area contributed by atoms with E-state index < -0.39 is 0 Å². The van der Waals surface area contributed by atoms with Crippen molar-refractivity contribution in [2.24, 2.45) is 0 Å². The number of carbonyl (C=O) groups excluding carboxylic acids is 1. The molecule has 0 bridgehead atoms. The normalized spacial score (nSPS) is 15.9. The highest BCUT2D eigenvalue weighted by molar-refractivity contribution is 6.33. The summed E-state index contributed by atoms with van der Waals surface area (Å²) in [5, 5.41) is 6.12. The zero-order valence-electron chi connectivity index (χ0n) is 11.5. The number of ether oxygens (including phenoxy) is 1. The molecule has 110 valence electrons. The summed E-state index contributed by atoms with van der Waals surface area (Å²) in [5.41, 5.74) is 0.438. The molecule has 7 heteroatoms. The molecular weight excluding hydrogens is 280 g/mol. The second kappa shape index (κ2) is 7.42. The molecule has 1 aliphatic rings. The van der Waals surface area contributed by atoms with Crippen molar-refractivity contribution in [1.29, 1.82) is 0 Å². The summed E-state index contributed by atoms with van der Waals surface area (Å²) < 4.78 is 5.28. The van der Waals surface area contributed by atoms with Gasteiger partial charge >= 0.3 is 0 Å². The third kappa shape index (κ3) is 4.06. The van der Waals surface area contributed by atoms with E-state index in [1.165, 1.54) is 6.20 Å². The molecule has 0 spiro atoms. The second-order valence-electron chi connectivity index (χ2n) is 4.51. The van der Waals surface area contributed by atoms with Gasteiger partial charge in [0.15, 0.2) is 0 Å². The highest BCUT2D eigenvalue weighted by Gasteiger charge is 2.13. The van der Waals surface area contributed by atoms with Gasteiger partial charge in [0.05, 0.1) is 23.8 Å². The van der Waals surface area contributed by atoms with Gasteiger partial charge in [-0.05, 0) is 6.07 Å². The molecule has 6 nitrogen and oxygen atoms in total. The summed E-state index contributed by atoms with van der Waals surface area (Å²) in [7, 11) is 1.75. The Morgan fingerprint density at radius 3 is 2.95 bits per heavy atom. The molecule has 1 aliphatic heterocycles. The van der Waals surface area contributed by atoms with Crippen LogP contribution < -0.4 is 10.6 Å². The van der Waals surface area contributed by atoms with Crippen molar-refractivity contribution in [2.75, 3.05) is 51.8 Å². The van der Waals surface area contributed by atoms with Gasteiger partial charge in [0, 0.05) is 39.4 Å². The Morgan fingerprint density at radius 1 is 1.50 bits per heavy atom. The standard InChI is InChI=1S/C13H19ClN4O2/c1-15-12-8-10(11(14)9-17-12)13(19)16-2-3-18-4-6-20-7-5-18/h8-9H,2-7H2,1H3,(H,15,17)(H,16,19). The molecule has 20 heavy (non-hydrogen) atoms. The van der Waals surface area contributed by atoms with Crippen molar-refractivity contribution in [2.45, 2.75) is 0 Å². The molecule has 1 fully saturated rings. The van der Waals surface area contributed by atoms with Crippen LogP contribution in [-0.4, -0.2) is 62.2 Å². The Kier molecular flexibility index (Phi) is 5.58. The molecule has 2 rings (SSSR count). The number of hydrogen-bond donors (Lipinski definition) is 2. The van der Waals surface area contributed by atoms with E-state index in [1.54, 1.807) is 13.1 Å². The van der Waals surface area contributed by atoms with Crippen molar-refractivity contribution in [1.82, 2.24) is 15.2 Å². The molecule has 0 atom stereocenters. The Labute approximate surface area is 123 Å². The smallest absolute Gasteiger partial charge is 0.253 e. The number of hydrogen-bond acceptors (Lipinski definition) is 5. The van der Waals surface area contributed by atoms with Gasteiger partial charge in [-0.1, -0.05) is 11.6 Å². The minimum atomic E-state index is -0.179. The maximum absolute atomic E-state index is 12.1. The van der Waals surface area contributed by atoms with Crippen LogP contribution in [0.2, 0.25) is 5.02 Å². The molecule has 1 aromatic heterocycles. The van der Waals surface area contributed by atoms with Gasteiger partial charge < -0.3 is 15.4 Å². The van der Waals surface area contributed by atoms with Gasteiger partial charge in [0.25, 0.3) is 5.91 Å². The third-order valence-corrected chi connectivity index (χ3v) is 3.47. The molecular formula is C13H19ClN4O2. The topological polar surface area (TPSA) is 66.5 Å². The molecule has 0 aromatic carbocycles. The summed E-state index contributed by atoms with van der Waals surface area (Å²) in [4.78, 5) is 18.4. The highest BCUT2D eigenvalue weighted by Crippen LogP contribution is 2.17. The summed E-state index contributed by atoms with van der Waals surface area (Å²) in [6.07, 6.45) is 1.48. The number of nitrogens with one attached hydrogen (secondary N) is 2. The fraction of sp³-hybridized carbons (Fsp3) is 0.538. The fourth-order valence-electron chi connectivity index (χ4n) is 2.00. The van der Waals surface area contributed by atoms with Crippen molar-refractivity contribution in [3.05, 3.63) is 22.8 Å². The molecule has 1 saturated heterocycles. The Hall–Kier alpha value is -1.37. The second-order valence-corrected chi connectivity index (χ2v) is 4.92. The van der Waals surface area contributed by atoms with E-state index in [4.69, 9.17) is 16.3 Å². The molecule has 2 N–H and O–H groups in total. The van der Waals surface area contributed by atoms with Gasteiger partial charge in [-0.2, -0.15) is 0 Å². The summed E-state index contributed by atoms with van der Waals surface area (Å²) in [6.45, 7) is 4.75. The van der Waals surface area contributed by atoms with Crippen LogP contribution in [0.25, 0.3) is 0 Å². The summed E-state index contributed by atoms with van der Waals surface area (Å²) in [5.74, 6) is 0.440. The SMILES string of the molecule is CNc1cc(C(=O)NCCN2CCOCC2)c(Cl)cn1. The third-order valence-electron chi connectivity index (χ3n) is 3.17. The first-order chi connectivity index (χ1) is 9.70. The van der Waals surface area contributed by atoms with Crippen LogP contribution in [0, 0.1) is 0 Å². The van der Waals surface area contributed by atoms with Crippen molar-refractivity contribution < 1.29 is 9.53 Å². The van der Waals surface area contributed by atoms with E-state index in [-0.39, 0.29) is 5.91 Å². The van der Waals surface area contributed by atoms with E-state index in [2.05, 4.69) is 20.5 Å². The summed E-state index contributed by atoms with van der Waals surface area (Å²) in [6, 6.07) is 1.65. The van der Waals surface area contributed by atoms with Crippen LogP contribution in [0.3, 0.4) is 0 Å². The Balaban J connectivity index is 1.84. The number of nitrogens with zero attached hydrogens (tertiary/aromatic N) is 2. The van der Waals surface area contributed by atoms with Crippen molar-refractivity contribution in [3.8, 4) is 0 Å². The van der Waals surface area contributed by atoms with Crippen molar-refractivity contribution in [3.63, 3.8) is 0 Å². The first-order valence-corrected chi connectivity index (χ1v) is 7.00. The van der Waals surface area contributed by atoms with E-state index in [1.807, 2.05) is 0 Å². The number of carbonyl (C=O) groups is 1. The van der Waals surface area contributed by atoms with Gasteiger partial charge in [-0.3, -0.25) is 9.69 Å². The quantitative estimate of drug-likeness (QED) is 0.843. The first-order valence-electron chi connectivity index (χ1n) is 6.62. The molecule has 2 heterocycles. The number of aromatic nitrogens is 1. The van der Waals surface area contributed by atoms with Crippen LogP contribution in [0.1, 0.15) is 10.4 Å². The average Bonchev–Trinajstić information content (AvgIpc) is 2.48. The van der Waals surface area contributed by atoms with Gasteiger partial charge in [-0.25, -0.2) is 4.98 Å². The van der Waals surface area contributed by atoms with Gasteiger partial charge in [0.2, 0.25) is 0 Å². The predicted octanol–water partition coefficient (Wildman–Crippen LogP) is 0.839. The fourth-order valence-corrected chi connectivity index (χ4v) is 2.19. The lowest BCUT2D eigenvalue weighted by atomic mass is 10.2. The number of morpholine rings is 1. The molecule has 0 unspecified atom stereocenters. The first kappa shape index (κ1) is 15.0. The number of halogens is 1. The van der Waals surface area contributed by atoms with Gasteiger partial charge in [0.1, 0.15) is 5.82 Å². The number of amides is 1. The van der Waals surface area contributed by atoms with Crippen LogP contribution in [0.4, 0.5) is 5.82 Å². The number of anilines is 1. The minimum Gasteiger partial charge on any atom is -0.379 e. The number of pyridine rings is 1. The van der Waals surface area contributed by atoms with Crippen LogP contribution in [-0.2, 0) is 4.74 Å². The Bertz CT molecular complexity index is 464. The lowest BCUT2D eigenvalue weighted by Crippen LogP contribution is -2.41. The monoisotopic (exact) mass is 298 g/mol. The maximum Gasteiger partial charge on any atom is 0.253 e. The predicted molar refractivity (Wildman–Crippen MR) is 78.4 cm³/mol. The molecule has 1 aromatic rings. The Morgan fingerprint density at radius 2 is 2.25 bits per heavy atom. The maximum atomic E-state index is 12.1. The van der Waals surface area contributed by atoms with Crippen LogP contribution in [0.5, 0.6) is 0 Å². The molecule has 1 amide bonds. The van der Waals surface area contributed by atoms with Gasteiger partial charge in [-0.15, -0.1) is 0 Å². The molecule has 0 radical (unpaired) electrons. The molecule has 0 saturated carbocycles. The van der Waals surface area contributed by atoms with Crippen LogP contribution in [0.15, 0.2) is 12.3 Å². The largest absolute Gasteiger partial charge is 0.379 e. The average molecular weight is 299 g/mol. The highest BCUT2D eigenvalue weighted by atomic mass is 35.5. The van der Waals surface area contributed by atoms with Crippen molar-refractivity contribution >= 4 is 23.3 Å². The van der Waals surface area contributed by atoms with E-state index >= 15 is 0 Å². The lowest BCUT2D eigenvalue weighted by Gasteiger charge is -2.26. The number of rotatable bonds is 5. The minimum absolute atomic E-state index is 0.179. The van der Waals surface area contributed by atoms with Crippen LogP contribution >= 0.6 is 11.6 Å². The lowest BCUT2D eigenvalue weighted by molar-refractivity contribution is 0.0383. The van der Waals surface area contributed by atoms with E-state index in [0.717, 1.165) is 32.8 Å². The van der Waals surface area contributed by atoms with E-state index in [0.29, 0.717) is 22.9 Å². The summed E-state index contributed by atoms with van der Waals surface area (Å²) >= 11 is 6.00. The molecule has 0 aliphatic carbocycles.